The Hall–Kier alpha value is -3.64. The number of nitrogens with one attached hydrogen (secondary N) is 2. The summed E-state index contributed by atoms with van der Waals surface area (Å²) in [6, 6.07) is 19.4. The summed E-state index contributed by atoms with van der Waals surface area (Å²) in [4.78, 5) is 11.2. The molecule has 3 aromatic carbocycles. The average molecular weight is 435 g/mol. The van der Waals surface area contributed by atoms with Crippen molar-refractivity contribution in [3.63, 3.8) is 0 Å². The first-order valence-electron chi connectivity index (χ1n) is 10.5. The number of phenolic OH excluding ortho intramolecular Hbond substituents is 1. The smallest absolute Gasteiger partial charge is 0.267 e. The van der Waals surface area contributed by atoms with Crippen LogP contribution in [0.1, 0.15) is 41.6 Å². The molecule has 3 rings (SSSR count). The number of anilines is 1. The van der Waals surface area contributed by atoms with E-state index in [4.69, 9.17) is 5.21 Å². The summed E-state index contributed by atoms with van der Waals surface area (Å²) in [7, 11) is 0. The number of phenols is 1. The lowest BCUT2D eigenvalue weighted by Crippen LogP contribution is -2.16. The number of hydroxylamine groups is 1. The van der Waals surface area contributed by atoms with Gasteiger partial charge in [0, 0.05) is 11.8 Å². The number of aryl methyl sites for hydroxylation is 1. The fourth-order valence-electron chi connectivity index (χ4n) is 3.61. The lowest BCUT2D eigenvalue weighted by atomic mass is 9.92. The largest absolute Gasteiger partial charge is 0.508 e. The van der Waals surface area contributed by atoms with E-state index in [0.29, 0.717) is 6.42 Å². The van der Waals surface area contributed by atoms with Gasteiger partial charge in [-0.3, -0.25) is 10.0 Å². The van der Waals surface area contributed by atoms with Crippen LogP contribution in [0.4, 0.5) is 10.1 Å². The molecule has 166 valence electrons. The topological polar surface area (TPSA) is 81.6 Å². The van der Waals surface area contributed by atoms with Crippen LogP contribution in [0.2, 0.25) is 0 Å². The zero-order valence-electron chi connectivity index (χ0n) is 17.9. The van der Waals surface area contributed by atoms with Gasteiger partial charge in [-0.25, -0.2) is 9.87 Å². The molecule has 1 unspecified atom stereocenters. The van der Waals surface area contributed by atoms with E-state index >= 15 is 0 Å². The Morgan fingerprint density at radius 2 is 1.78 bits per heavy atom. The van der Waals surface area contributed by atoms with Crippen molar-refractivity contribution in [2.75, 3.05) is 5.32 Å². The van der Waals surface area contributed by atoms with Crippen LogP contribution in [-0.2, 0) is 17.6 Å². The van der Waals surface area contributed by atoms with Crippen LogP contribution >= 0.6 is 0 Å². The first-order valence-corrected chi connectivity index (χ1v) is 10.5. The predicted octanol–water partition coefficient (Wildman–Crippen LogP) is 5.40. The van der Waals surface area contributed by atoms with Crippen LogP contribution in [0.15, 0.2) is 72.8 Å². The van der Waals surface area contributed by atoms with Gasteiger partial charge in [0.2, 0.25) is 0 Å². The van der Waals surface area contributed by atoms with Gasteiger partial charge in [-0.15, -0.1) is 0 Å². The van der Waals surface area contributed by atoms with Crippen LogP contribution in [0.3, 0.4) is 0 Å². The van der Waals surface area contributed by atoms with E-state index in [1.807, 2.05) is 30.3 Å². The molecule has 0 spiro atoms. The SMILES string of the molecule is CCCc1cc(O)ccc1C(Cc1ccc(/C=C/C(=O)NO)cc1)Nc1ccc(F)cc1. The molecule has 1 atom stereocenters. The third-order valence-corrected chi connectivity index (χ3v) is 5.16. The van der Waals surface area contributed by atoms with Crippen molar-refractivity contribution in [3.05, 3.63) is 101 Å². The number of hydrogen-bond acceptors (Lipinski definition) is 4. The fourth-order valence-corrected chi connectivity index (χ4v) is 3.61. The third-order valence-electron chi connectivity index (χ3n) is 5.16. The highest BCUT2D eigenvalue weighted by atomic mass is 19.1. The highest BCUT2D eigenvalue weighted by Gasteiger charge is 2.17. The van der Waals surface area contributed by atoms with E-state index in [1.54, 1.807) is 35.8 Å². The van der Waals surface area contributed by atoms with E-state index in [2.05, 4.69) is 12.2 Å². The molecular weight excluding hydrogens is 407 g/mol. The minimum Gasteiger partial charge on any atom is -0.508 e. The Kier molecular flexibility index (Phi) is 8.00. The second kappa shape index (κ2) is 11.1. The summed E-state index contributed by atoms with van der Waals surface area (Å²) >= 11 is 0. The molecule has 0 heterocycles. The maximum absolute atomic E-state index is 13.4. The molecular formula is C26H27FN2O3. The molecule has 0 aliphatic heterocycles. The van der Waals surface area contributed by atoms with Gasteiger partial charge in [-0.2, -0.15) is 0 Å². The Morgan fingerprint density at radius 1 is 1.06 bits per heavy atom. The molecule has 3 aromatic rings. The van der Waals surface area contributed by atoms with Crippen molar-refractivity contribution in [2.45, 2.75) is 32.2 Å². The second-order valence-corrected chi connectivity index (χ2v) is 7.59. The maximum Gasteiger partial charge on any atom is 0.267 e. The molecule has 0 aliphatic rings. The molecule has 0 aromatic heterocycles. The zero-order valence-corrected chi connectivity index (χ0v) is 17.9. The summed E-state index contributed by atoms with van der Waals surface area (Å²) in [6.45, 7) is 2.10. The van der Waals surface area contributed by atoms with Crippen LogP contribution in [0.25, 0.3) is 6.08 Å². The van der Waals surface area contributed by atoms with Crippen molar-refractivity contribution in [1.82, 2.24) is 5.48 Å². The van der Waals surface area contributed by atoms with Crippen LogP contribution in [0.5, 0.6) is 5.75 Å². The van der Waals surface area contributed by atoms with Gasteiger partial charge in [0.15, 0.2) is 0 Å². The predicted molar refractivity (Wildman–Crippen MR) is 124 cm³/mol. The number of hydrogen-bond donors (Lipinski definition) is 4. The van der Waals surface area contributed by atoms with Crippen LogP contribution in [0, 0.1) is 5.82 Å². The lowest BCUT2D eigenvalue weighted by Gasteiger charge is -2.24. The number of rotatable bonds is 9. The Balaban J connectivity index is 1.88. The third kappa shape index (κ3) is 6.43. The molecule has 0 saturated heterocycles. The van der Waals surface area contributed by atoms with Gasteiger partial charge in [-0.05, 0) is 77.6 Å². The normalized spacial score (nSPS) is 12.0. The molecule has 4 N–H and O–H groups in total. The van der Waals surface area contributed by atoms with Crippen molar-refractivity contribution in [1.29, 1.82) is 0 Å². The van der Waals surface area contributed by atoms with Crippen molar-refractivity contribution >= 4 is 17.7 Å². The number of aromatic hydroxyl groups is 1. The summed E-state index contributed by atoms with van der Waals surface area (Å²) in [5.74, 6) is -0.642. The molecule has 0 aliphatic carbocycles. The number of carbonyl (C=O) groups is 1. The molecule has 5 nitrogen and oxygen atoms in total. The van der Waals surface area contributed by atoms with Crippen molar-refractivity contribution in [2.24, 2.45) is 0 Å². The van der Waals surface area contributed by atoms with Crippen LogP contribution in [-0.4, -0.2) is 16.2 Å². The quantitative estimate of drug-likeness (QED) is 0.207. The number of carbonyl (C=O) groups excluding carboxylic acids is 1. The number of benzene rings is 3. The molecule has 32 heavy (non-hydrogen) atoms. The average Bonchev–Trinajstić information content (AvgIpc) is 2.80. The standard InChI is InChI=1S/C26H27FN2O3/c1-2-3-20-17-23(30)13-14-24(20)25(28-22-11-9-21(27)10-12-22)16-19-6-4-18(5-7-19)8-15-26(31)29-32/h4-15,17,25,28,30,32H,2-3,16H2,1H3,(H,29,31)/b15-8+. The fraction of sp³-hybridized carbons (Fsp3) is 0.192. The van der Waals surface area contributed by atoms with Gasteiger partial charge in [0.1, 0.15) is 11.6 Å². The molecule has 1 amide bonds. The highest BCUT2D eigenvalue weighted by Crippen LogP contribution is 2.30. The zero-order chi connectivity index (χ0) is 22.9. The van der Waals surface area contributed by atoms with E-state index in [1.165, 1.54) is 18.2 Å². The van der Waals surface area contributed by atoms with Crippen LogP contribution < -0.4 is 10.8 Å². The van der Waals surface area contributed by atoms with E-state index in [-0.39, 0.29) is 17.6 Å². The molecule has 0 radical (unpaired) electrons. The first-order chi connectivity index (χ1) is 15.5. The van der Waals surface area contributed by atoms with Gasteiger partial charge in [-0.1, -0.05) is 43.7 Å². The summed E-state index contributed by atoms with van der Waals surface area (Å²) in [5, 5.41) is 22.1. The van der Waals surface area contributed by atoms with Crippen molar-refractivity contribution in [3.8, 4) is 5.75 Å². The van der Waals surface area contributed by atoms with E-state index in [9.17, 15) is 14.3 Å². The summed E-state index contributed by atoms with van der Waals surface area (Å²) in [5.41, 5.74) is 6.42. The maximum atomic E-state index is 13.4. The van der Waals surface area contributed by atoms with Gasteiger partial charge in [0.25, 0.3) is 5.91 Å². The molecule has 0 fully saturated rings. The summed E-state index contributed by atoms with van der Waals surface area (Å²) < 4.78 is 13.4. The lowest BCUT2D eigenvalue weighted by molar-refractivity contribution is -0.124. The van der Waals surface area contributed by atoms with Gasteiger partial charge >= 0.3 is 0 Å². The minimum atomic E-state index is -0.589. The minimum absolute atomic E-state index is 0.0934. The van der Waals surface area contributed by atoms with Gasteiger partial charge in [0.05, 0.1) is 6.04 Å². The monoisotopic (exact) mass is 434 g/mol. The Morgan fingerprint density at radius 3 is 2.44 bits per heavy atom. The molecule has 0 saturated carbocycles. The first kappa shape index (κ1) is 23.0. The highest BCUT2D eigenvalue weighted by molar-refractivity contribution is 5.90. The Bertz CT molecular complexity index is 1060. The molecule has 6 heteroatoms. The summed E-state index contributed by atoms with van der Waals surface area (Å²) in [6.07, 6.45) is 5.31. The number of amides is 1. The van der Waals surface area contributed by atoms with E-state index in [0.717, 1.165) is 40.8 Å². The van der Waals surface area contributed by atoms with E-state index < -0.39 is 5.91 Å². The second-order valence-electron chi connectivity index (χ2n) is 7.59. The molecule has 0 bridgehead atoms. The van der Waals surface area contributed by atoms with Gasteiger partial charge < -0.3 is 10.4 Å². The van der Waals surface area contributed by atoms with Crippen molar-refractivity contribution < 1.29 is 19.5 Å². The Labute approximate surface area is 187 Å². The number of halogens is 1.